The van der Waals surface area contributed by atoms with Gasteiger partial charge in [-0.1, -0.05) is 38.1 Å². The zero-order valence-electron chi connectivity index (χ0n) is 14.8. The van der Waals surface area contributed by atoms with Crippen LogP contribution in [0.1, 0.15) is 37.8 Å². The topological polar surface area (TPSA) is 75.4 Å². The first kappa shape index (κ1) is 18.5. The van der Waals surface area contributed by atoms with Crippen molar-refractivity contribution in [2.24, 2.45) is 11.7 Å². The number of hydrogen-bond acceptors (Lipinski definition) is 3. The van der Waals surface area contributed by atoms with Gasteiger partial charge < -0.3 is 11.1 Å². The molecule has 0 atom stereocenters. The van der Waals surface area contributed by atoms with Gasteiger partial charge in [0.25, 0.3) is 0 Å². The van der Waals surface area contributed by atoms with Gasteiger partial charge in [-0.05, 0) is 36.3 Å². The summed E-state index contributed by atoms with van der Waals surface area (Å²) >= 11 is 0. The SMILES string of the molecule is CC(C)Cc1ccc(CC(=O)NC2CCN(CC(N)=O)CC2)cc1. The molecular formula is C19H29N3O2. The van der Waals surface area contributed by atoms with Crippen LogP contribution in [-0.2, 0) is 22.4 Å². The lowest BCUT2D eigenvalue weighted by atomic mass is 10.0. The highest BCUT2D eigenvalue weighted by molar-refractivity contribution is 5.79. The minimum atomic E-state index is -0.293. The lowest BCUT2D eigenvalue weighted by Crippen LogP contribution is -2.47. The van der Waals surface area contributed by atoms with Crippen molar-refractivity contribution in [1.82, 2.24) is 10.2 Å². The number of nitrogens with one attached hydrogen (secondary N) is 1. The fourth-order valence-electron chi connectivity index (χ4n) is 3.18. The van der Waals surface area contributed by atoms with Gasteiger partial charge in [-0.3, -0.25) is 14.5 Å². The summed E-state index contributed by atoms with van der Waals surface area (Å²) in [4.78, 5) is 25.2. The monoisotopic (exact) mass is 331 g/mol. The quantitative estimate of drug-likeness (QED) is 0.795. The lowest BCUT2D eigenvalue weighted by Gasteiger charge is -2.31. The van der Waals surface area contributed by atoms with E-state index in [0.29, 0.717) is 18.9 Å². The normalized spacial score (nSPS) is 16.3. The maximum atomic E-state index is 12.2. The molecule has 0 spiro atoms. The Kier molecular flexibility index (Phi) is 6.79. The summed E-state index contributed by atoms with van der Waals surface area (Å²) in [6, 6.07) is 8.52. The molecule has 3 N–H and O–H groups in total. The predicted octanol–water partition coefficient (Wildman–Crippen LogP) is 1.49. The Labute approximate surface area is 144 Å². The van der Waals surface area contributed by atoms with Crippen molar-refractivity contribution < 1.29 is 9.59 Å². The average molecular weight is 331 g/mol. The zero-order valence-corrected chi connectivity index (χ0v) is 14.8. The molecule has 132 valence electrons. The molecule has 2 amide bonds. The molecule has 1 aliphatic heterocycles. The predicted molar refractivity (Wildman–Crippen MR) is 95.5 cm³/mol. The Morgan fingerprint density at radius 2 is 1.75 bits per heavy atom. The number of nitrogens with two attached hydrogens (primary N) is 1. The van der Waals surface area contributed by atoms with E-state index < -0.39 is 0 Å². The standard InChI is InChI=1S/C19H29N3O2/c1-14(2)11-15-3-5-16(6-4-15)12-19(24)21-17-7-9-22(10-8-17)13-18(20)23/h3-6,14,17H,7-13H2,1-2H3,(H2,20,23)(H,21,24). The number of primary amides is 1. The number of amides is 2. The van der Waals surface area contributed by atoms with E-state index in [2.05, 4.69) is 31.3 Å². The Bertz CT molecular complexity index is 546. The molecule has 5 heteroatoms. The van der Waals surface area contributed by atoms with Gasteiger partial charge >= 0.3 is 0 Å². The van der Waals surface area contributed by atoms with Gasteiger partial charge in [-0.15, -0.1) is 0 Å². The number of nitrogens with zero attached hydrogens (tertiary/aromatic N) is 1. The van der Waals surface area contributed by atoms with Crippen LogP contribution in [0.4, 0.5) is 0 Å². The molecule has 24 heavy (non-hydrogen) atoms. The summed E-state index contributed by atoms with van der Waals surface area (Å²) in [5.74, 6) is 0.415. The number of benzene rings is 1. The Morgan fingerprint density at radius 3 is 2.29 bits per heavy atom. The van der Waals surface area contributed by atoms with Crippen molar-refractivity contribution in [1.29, 1.82) is 0 Å². The van der Waals surface area contributed by atoms with Crippen LogP contribution in [0.15, 0.2) is 24.3 Å². The van der Waals surface area contributed by atoms with Crippen LogP contribution in [0, 0.1) is 5.92 Å². The van der Waals surface area contributed by atoms with Crippen molar-refractivity contribution in [2.45, 2.75) is 45.6 Å². The minimum absolute atomic E-state index is 0.0694. The molecule has 1 saturated heterocycles. The second kappa shape index (κ2) is 8.83. The van der Waals surface area contributed by atoms with Crippen molar-refractivity contribution >= 4 is 11.8 Å². The molecule has 0 bridgehead atoms. The molecule has 1 aromatic carbocycles. The summed E-state index contributed by atoms with van der Waals surface area (Å²) in [5.41, 5.74) is 7.57. The fourth-order valence-corrected chi connectivity index (χ4v) is 3.18. The molecule has 1 aliphatic rings. The third-order valence-electron chi connectivity index (χ3n) is 4.36. The van der Waals surface area contributed by atoms with Crippen molar-refractivity contribution in [3.8, 4) is 0 Å². The molecule has 2 rings (SSSR count). The third-order valence-corrected chi connectivity index (χ3v) is 4.36. The number of carbonyl (C=O) groups excluding carboxylic acids is 2. The number of piperidine rings is 1. The van der Waals surface area contributed by atoms with E-state index in [9.17, 15) is 9.59 Å². The summed E-state index contributed by atoms with van der Waals surface area (Å²) in [7, 11) is 0. The highest BCUT2D eigenvalue weighted by Gasteiger charge is 2.21. The Balaban J connectivity index is 1.74. The van der Waals surface area contributed by atoms with Crippen molar-refractivity contribution in [3.63, 3.8) is 0 Å². The van der Waals surface area contributed by atoms with Crippen molar-refractivity contribution in [2.75, 3.05) is 19.6 Å². The molecule has 1 aromatic rings. The summed E-state index contributed by atoms with van der Waals surface area (Å²) < 4.78 is 0. The van der Waals surface area contributed by atoms with Crippen LogP contribution in [0.5, 0.6) is 0 Å². The molecular weight excluding hydrogens is 302 g/mol. The van der Waals surface area contributed by atoms with Crippen LogP contribution in [-0.4, -0.2) is 42.4 Å². The Hall–Kier alpha value is -1.88. The van der Waals surface area contributed by atoms with E-state index in [-0.39, 0.29) is 17.9 Å². The molecule has 5 nitrogen and oxygen atoms in total. The van der Waals surface area contributed by atoms with E-state index in [1.165, 1.54) is 5.56 Å². The van der Waals surface area contributed by atoms with E-state index in [1.807, 2.05) is 17.0 Å². The highest BCUT2D eigenvalue weighted by atomic mass is 16.2. The smallest absolute Gasteiger partial charge is 0.231 e. The van der Waals surface area contributed by atoms with E-state index in [0.717, 1.165) is 37.9 Å². The van der Waals surface area contributed by atoms with Crippen LogP contribution < -0.4 is 11.1 Å². The van der Waals surface area contributed by atoms with Gasteiger partial charge in [-0.25, -0.2) is 0 Å². The van der Waals surface area contributed by atoms with E-state index >= 15 is 0 Å². The fraction of sp³-hybridized carbons (Fsp3) is 0.579. The first-order valence-electron chi connectivity index (χ1n) is 8.80. The second-order valence-corrected chi connectivity index (χ2v) is 7.18. The molecule has 0 radical (unpaired) electrons. The van der Waals surface area contributed by atoms with Crippen LogP contribution in [0.3, 0.4) is 0 Å². The van der Waals surface area contributed by atoms with Gasteiger partial charge in [0.1, 0.15) is 0 Å². The minimum Gasteiger partial charge on any atom is -0.369 e. The molecule has 0 aromatic heterocycles. The first-order valence-corrected chi connectivity index (χ1v) is 8.80. The maximum Gasteiger partial charge on any atom is 0.231 e. The lowest BCUT2D eigenvalue weighted by molar-refractivity contribution is -0.122. The van der Waals surface area contributed by atoms with Gasteiger partial charge in [0.05, 0.1) is 13.0 Å². The Morgan fingerprint density at radius 1 is 1.17 bits per heavy atom. The van der Waals surface area contributed by atoms with Crippen LogP contribution in [0.2, 0.25) is 0 Å². The molecule has 1 fully saturated rings. The first-order chi connectivity index (χ1) is 11.4. The highest BCUT2D eigenvalue weighted by Crippen LogP contribution is 2.12. The zero-order chi connectivity index (χ0) is 17.5. The molecule has 1 heterocycles. The molecule has 0 unspecified atom stereocenters. The van der Waals surface area contributed by atoms with E-state index in [1.54, 1.807) is 0 Å². The summed E-state index contributed by atoms with van der Waals surface area (Å²) in [5, 5.41) is 3.11. The van der Waals surface area contributed by atoms with Gasteiger partial charge in [0.2, 0.25) is 11.8 Å². The van der Waals surface area contributed by atoms with Crippen LogP contribution >= 0.6 is 0 Å². The summed E-state index contributed by atoms with van der Waals surface area (Å²) in [6.45, 7) is 6.32. The van der Waals surface area contributed by atoms with Crippen molar-refractivity contribution in [3.05, 3.63) is 35.4 Å². The van der Waals surface area contributed by atoms with Gasteiger partial charge in [-0.2, -0.15) is 0 Å². The number of rotatable bonds is 7. The average Bonchev–Trinajstić information content (AvgIpc) is 2.50. The number of likely N-dealkylation sites (tertiary alicyclic amines) is 1. The van der Waals surface area contributed by atoms with Crippen LogP contribution in [0.25, 0.3) is 0 Å². The molecule has 0 aliphatic carbocycles. The van der Waals surface area contributed by atoms with Gasteiger partial charge in [0, 0.05) is 19.1 Å². The van der Waals surface area contributed by atoms with E-state index in [4.69, 9.17) is 5.73 Å². The molecule has 0 saturated carbocycles. The number of carbonyl (C=O) groups is 2. The largest absolute Gasteiger partial charge is 0.369 e. The third kappa shape index (κ3) is 6.32. The number of hydrogen-bond donors (Lipinski definition) is 2. The maximum absolute atomic E-state index is 12.2. The second-order valence-electron chi connectivity index (χ2n) is 7.18. The summed E-state index contributed by atoms with van der Waals surface area (Å²) in [6.07, 6.45) is 3.22. The van der Waals surface area contributed by atoms with Gasteiger partial charge in [0.15, 0.2) is 0 Å².